The van der Waals surface area contributed by atoms with E-state index in [-0.39, 0.29) is 29.8 Å². The molecule has 1 atom stereocenters. The second-order valence-electron chi connectivity index (χ2n) is 5.23. The Hall–Kier alpha value is -2.47. The molecule has 23 heavy (non-hydrogen) atoms. The summed E-state index contributed by atoms with van der Waals surface area (Å²) in [7, 11) is 0. The second kappa shape index (κ2) is 8.24. The number of amides is 1. The van der Waals surface area contributed by atoms with Gasteiger partial charge in [0.05, 0.1) is 6.04 Å². The third-order valence-corrected chi connectivity index (χ3v) is 3.46. The molecular weight excluding hydrogens is 294 g/mol. The summed E-state index contributed by atoms with van der Waals surface area (Å²) < 4.78 is 1.29. The molecule has 6 heteroatoms. The molecule has 0 aliphatic rings. The van der Waals surface area contributed by atoms with Gasteiger partial charge in [-0.05, 0) is 24.5 Å². The molecule has 6 nitrogen and oxygen atoms in total. The SMILES string of the molecule is CCCn1nc(C(=O)NC(CCO)c2ccccc2)ccc1=O. The maximum atomic E-state index is 12.4. The number of aryl methyl sites for hydroxylation is 1. The minimum absolute atomic E-state index is 0.0391. The van der Waals surface area contributed by atoms with Gasteiger partial charge < -0.3 is 10.4 Å². The fourth-order valence-corrected chi connectivity index (χ4v) is 2.31. The molecule has 0 saturated heterocycles. The lowest BCUT2D eigenvalue weighted by atomic mass is 10.0. The van der Waals surface area contributed by atoms with Crippen molar-refractivity contribution in [2.75, 3.05) is 6.61 Å². The van der Waals surface area contributed by atoms with Crippen LogP contribution >= 0.6 is 0 Å². The van der Waals surface area contributed by atoms with Crippen LogP contribution in [0, 0.1) is 0 Å². The number of hydrogen-bond donors (Lipinski definition) is 2. The quantitative estimate of drug-likeness (QED) is 0.811. The lowest BCUT2D eigenvalue weighted by Gasteiger charge is -2.18. The molecule has 0 bridgehead atoms. The molecule has 0 saturated carbocycles. The zero-order valence-electron chi connectivity index (χ0n) is 13.1. The van der Waals surface area contributed by atoms with Gasteiger partial charge in [-0.3, -0.25) is 9.59 Å². The molecule has 1 aromatic carbocycles. The van der Waals surface area contributed by atoms with Crippen molar-refractivity contribution in [2.24, 2.45) is 0 Å². The van der Waals surface area contributed by atoms with E-state index in [1.165, 1.54) is 16.8 Å². The molecule has 1 amide bonds. The molecule has 0 aliphatic heterocycles. The van der Waals surface area contributed by atoms with E-state index in [1.807, 2.05) is 37.3 Å². The maximum Gasteiger partial charge on any atom is 0.272 e. The highest BCUT2D eigenvalue weighted by atomic mass is 16.3. The molecule has 2 aromatic rings. The largest absolute Gasteiger partial charge is 0.396 e. The highest BCUT2D eigenvalue weighted by molar-refractivity contribution is 5.92. The third kappa shape index (κ3) is 4.50. The Morgan fingerprint density at radius 2 is 2.00 bits per heavy atom. The Morgan fingerprint density at radius 3 is 2.65 bits per heavy atom. The number of nitrogens with zero attached hydrogens (tertiary/aromatic N) is 2. The van der Waals surface area contributed by atoms with Gasteiger partial charge in [-0.25, -0.2) is 4.68 Å². The van der Waals surface area contributed by atoms with Gasteiger partial charge in [0, 0.05) is 19.2 Å². The Kier molecular flexibility index (Phi) is 6.05. The average molecular weight is 315 g/mol. The van der Waals surface area contributed by atoms with Crippen LogP contribution in [0.1, 0.15) is 41.9 Å². The molecule has 1 unspecified atom stereocenters. The number of aliphatic hydroxyl groups excluding tert-OH is 1. The Morgan fingerprint density at radius 1 is 1.26 bits per heavy atom. The smallest absolute Gasteiger partial charge is 0.272 e. The van der Waals surface area contributed by atoms with E-state index in [0.29, 0.717) is 13.0 Å². The summed E-state index contributed by atoms with van der Waals surface area (Å²) in [5.41, 5.74) is 0.882. The molecule has 122 valence electrons. The van der Waals surface area contributed by atoms with Crippen molar-refractivity contribution in [3.63, 3.8) is 0 Å². The monoisotopic (exact) mass is 315 g/mol. The van der Waals surface area contributed by atoms with Crippen molar-refractivity contribution in [3.8, 4) is 0 Å². The van der Waals surface area contributed by atoms with Gasteiger partial charge >= 0.3 is 0 Å². The van der Waals surface area contributed by atoms with Gasteiger partial charge in [0.15, 0.2) is 0 Å². The lowest BCUT2D eigenvalue weighted by molar-refractivity contribution is 0.0922. The van der Waals surface area contributed by atoms with Crippen LogP contribution in [0.3, 0.4) is 0 Å². The van der Waals surface area contributed by atoms with Crippen LogP contribution in [0.25, 0.3) is 0 Å². The first-order chi connectivity index (χ1) is 11.2. The zero-order valence-corrected chi connectivity index (χ0v) is 13.1. The molecule has 0 fully saturated rings. The van der Waals surface area contributed by atoms with E-state index in [4.69, 9.17) is 0 Å². The Bertz CT molecular complexity index is 698. The predicted octanol–water partition coefficient (Wildman–Crippen LogP) is 1.51. The van der Waals surface area contributed by atoms with Crippen LogP contribution in [0.2, 0.25) is 0 Å². The molecule has 0 radical (unpaired) electrons. The van der Waals surface area contributed by atoms with Crippen LogP contribution in [-0.4, -0.2) is 27.4 Å². The molecular formula is C17H21N3O3. The fourth-order valence-electron chi connectivity index (χ4n) is 2.31. The second-order valence-corrected chi connectivity index (χ2v) is 5.23. The summed E-state index contributed by atoms with van der Waals surface area (Å²) in [6, 6.07) is 11.9. The number of nitrogens with one attached hydrogen (secondary N) is 1. The Labute approximate surface area is 134 Å². The van der Waals surface area contributed by atoms with Gasteiger partial charge in [0.2, 0.25) is 0 Å². The standard InChI is InChI=1S/C17H21N3O3/c1-2-11-20-16(22)9-8-15(19-20)17(23)18-14(10-12-21)13-6-4-3-5-7-13/h3-9,14,21H,2,10-12H2,1H3,(H,18,23). The van der Waals surface area contributed by atoms with Crippen molar-refractivity contribution < 1.29 is 9.90 Å². The summed E-state index contributed by atoms with van der Waals surface area (Å²) in [6.07, 6.45) is 1.17. The van der Waals surface area contributed by atoms with E-state index in [0.717, 1.165) is 12.0 Å². The molecule has 2 N–H and O–H groups in total. The summed E-state index contributed by atoms with van der Waals surface area (Å²) in [5, 5.41) is 16.2. The van der Waals surface area contributed by atoms with Gasteiger partial charge in [0.25, 0.3) is 11.5 Å². The van der Waals surface area contributed by atoms with Gasteiger partial charge in [0.1, 0.15) is 5.69 Å². The van der Waals surface area contributed by atoms with E-state index < -0.39 is 0 Å². The molecule has 0 spiro atoms. The van der Waals surface area contributed by atoms with Crippen molar-refractivity contribution in [1.82, 2.24) is 15.1 Å². The van der Waals surface area contributed by atoms with E-state index in [9.17, 15) is 14.7 Å². The van der Waals surface area contributed by atoms with Crippen LogP contribution < -0.4 is 10.9 Å². The topological polar surface area (TPSA) is 84.2 Å². The number of carbonyl (C=O) groups excluding carboxylic acids is 1. The summed E-state index contributed by atoms with van der Waals surface area (Å²) in [5.74, 6) is -0.364. The lowest BCUT2D eigenvalue weighted by Crippen LogP contribution is -2.32. The number of rotatable bonds is 7. The molecule has 0 aliphatic carbocycles. The van der Waals surface area contributed by atoms with Crippen LogP contribution in [-0.2, 0) is 6.54 Å². The van der Waals surface area contributed by atoms with Crippen LogP contribution in [0.5, 0.6) is 0 Å². The highest BCUT2D eigenvalue weighted by Gasteiger charge is 2.17. The van der Waals surface area contributed by atoms with Crippen molar-refractivity contribution in [2.45, 2.75) is 32.4 Å². The first-order valence-corrected chi connectivity index (χ1v) is 7.70. The number of benzene rings is 1. The summed E-state index contributed by atoms with van der Waals surface area (Å²) >= 11 is 0. The molecule has 1 heterocycles. The normalized spacial score (nSPS) is 11.9. The van der Waals surface area contributed by atoms with Crippen LogP contribution in [0.4, 0.5) is 0 Å². The Balaban J connectivity index is 2.19. The first kappa shape index (κ1) is 16.9. The third-order valence-electron chi connectivity index (χ3n) is 3.46. The number of carbonyl (C=O) groups is 1. The summed E-state index contributed by atoms with van der Waals surface area (Å²) in [6.45, 7) is 2.37. The minimum Gasteiger partial charge on any atom is -0.396 e. The number of aromatic nitrogens is 2. The average Bonchev–Trinajstić information content (AvgIpc) is 2.57. The first-order valence-electron chi connectivity index (χ1n) is 7.70. The predicted molar refractivity (Wildman–Crippen MR) is 87.1 cm³/mol. The van der Waals surface area contributed by atoms with E-state index >= 15 is 0 Å². The zero-order chi connectivity index (χ0) is 16.7. The summed E-state index contributed by atoms with van der Waals surface area (Å²) in [4.78, 5) is 24.1. The number of aliphatic hydroxyl groups is 1. The molecule has 1 aromatic heterocycles. The fraction of sp³-hybridized carbons (Fsp3) is 0.353. The van der Waals surface area contributed by atoms with Crippen molar-refractivity contribution in [1.29, 1.82) is 0 Å². The van der Waals surface area contributed by atoms with Crippen molar-refractivity contribution in [3.05, 3.63) is 64.1 Å². The van der Waals surface area contributed by atoms with Gasteiger partial charge in [-0.1, -0.05) is 37.3 Å². The van der Waals surface area contributed by atoms with E-state index in [2.05, 4.69) is 10.4 Å². The minimum atomic E-state index is -0.364. The maximum absolute atomic E-state index is 12.4. The molecule has 2 rings (SSSR count). The van der Waals surface area contributed by atoms with Gasteiger partial charge in [-0.15, -0.1) is 0 Å². The van der Waals surface area contributed by atoms with Crippen LogP contribution in [0.15, 0.2) is 47.3 Å². The van der Waals surface area contributed by atoms with Crippen molar-refractivity contribution >= 4 is 5.91 Å². The number of hydrogen-bond acceptors (Lipinski definition) is 4. The van der Waals surface area contributed by atoms with E-state index in [1.54, 1.807) is 0 Å². The highest BCUT2D eigenvalue weighted by Crippen LogP contribution is 2.16. The van der Waals surface area contributed by atoms with Gasteiger partial charge in [-0.2, -0.15) is 5.10 Å².